The molecule has 0 aromatic rings. The first kappa shape index (κ1) is 7.96. The van der Waals surface area contributed by atoms with Crippen molar-refractivity contribution in [3.8, 4) is 0 Å². The lowest BCUT2D eigenvalue weighted by atomic mass is 10.0. The maximum Gasteiger partial charge on any atom is -0.00237 e. The summed E-state index contributed by atoms with van der Waals surface area (Å²) in [5, 5.41) is 3.17. The molecule has 1 N–H and O–H groups in total. The Morgan fingerprint density at radius 2 is 1.75 bits per heavy atom. The first-order valence-corrected chi connectivity index (χ1v) is 3.49. The van der Waals surface area contributed by atoms with E-state index in [1.54, 1.807) is 0 Å². The second-order valence-corrected chi connectivity index (χ2v) is 2.24. The zero-order chi connectivity index (χ0) is 6.41. The van der Waals surface area contributed by atoms with Crippen LogP contribution in [-0.2, 0) is 0 Å². The largest absolute Gasteiger partial charge is 0.319 e. The average Bonchev–Trinajstić information content (AvgIpc) is 1.83. The molecule has 0 bridgehead atoms. The van der Waals surface area contributed by atoms with Crippen molar-refractivity contribution in [3.05, 3.63) is 0 Å². The molecule has 1 nitrogen and oxygen atoms in total. The van der Waals surface area contributed by atoms with Crippen LogP contribution in [0.1, 0.15) is 26.7 Å². The summed E-state index contributed by atoms with van der Waals surface area (Å²) >= 11 is 0. The van der Waals surface area contributed by atoms with Crippen molar-refractivity contribution in [2.75, 3.05) is 13.6 Å². The topological polar surface area (TPSA) is 12.0 Å². The highest BCUT2D eigenvalue weighted by atomic mass is 14.8. The van der Waals surface area contributed by atoms with E-state index in [4.69, 9.17) is 0 Å². The minimum atomic E-state index is 0.889. The molecule has 0 saturated carbocycles. The fraction of sp³-hybridized carbons (Fsp3) is 1.00. The van der Waals surface area contributed by atoms with Gasteiger partial charge in [-0.3, -0.25) is 0 Å². The third-order valence-electron chi connectivity index (χ3n) is 1.65. The van der Waals surface area contributed by atoms with Crippen molar-refractivity contribution >= 4 is 0 Å². The van der Waals surface area contributed by atoms with Crippen LogP contribution in [0.3, 0.4) is 0 Å². The van der Waals surface area contributed by atoms with E-state index >= 15 is 0 Å². The van der Waals surface area contributed by atoms with Crippen molar-refractivity contribution in [2.24, 2.45) is 5.92 Å². The third kappa shape index (κ3) is 3.03. The zero-order valence-electron chi connectivity index (χ0n) is 6.20. The molecule has 0 aliphatic rings. The van der Waals surface area contributed by atoms with Gasteiger partial charge in [-0.2, -0.15) is 0 Å². The molecule has 50 valence electrons. The predicted octanol–water partition coefficient (Wildman–Crippen LogP) is 1.64. The summed E-state index contributed by atoms with van der Waals surface area (Å²) in [5.74, 6) is 0.889. The molecule has 0 aromatic carbocycles. The van der Waals surface area contributed by atoms with Crippen molar-refractivity contribution < 1.29 is 0 Å². The Kier molecular flexibility index (Phi) is 5.08. The van der Waals surface area contributed by atoms with Crippen LogP contribution in [-0.4, -0.2) is 13.6 Å². The number of nitrogens with one attached hydrogen (secondary N) is 1. The quantitative estimate of drug-likeness (QED) is 0.587. The number of hydrogen-bond acceptors (Lipinski definition) is 1. The molecule has 8 heavy (non-hydrogen) atoms. The van der Waals surface area contributed by atoms with Gasteiger partial charge in [-0.1, -0.05) is 26.7 Å². The molecule has 0 amide bonds. The summed E-state index contributed by atoms with van der Waals surface area (Å²) in [6.45, 7) is 5.66. The molecule has 0 heterocycles. The first-order valence-electron chi connectivity index (χ1n) is 3.49. The number of rotatable bonds is 4. The Bertz CT molecular complexity index is 39.7. The molecule has 0 atom stereocenters. The Labute approximate surface area is 52.5 Å². The molecular formula is C7H17N. The highest BCUT2D eigenvalue weighted by Crippen LogP contribution is 2.03. The Hall–Kier alpha value is -0.0400. The SMILES string of the molecule is CCC(CC)CNC. The second kappa shape index (κ2) is 5.10. The Balaban J connectivity index is 3.07. The van der Waals surface area contributed by atoms with Gasteiger partial charge in [0, 0.05) is 0 Å². The van der Waals surface area contributed by atoms with Gasteiger partial charge in [-0.05, 0) is 19.5 Å². The first-order chi connectivity index (χ1) is 3.85. The summed E-state index contributed by atoms with van der Waals surface area (Å²) in [6.07, 6.45) is 2.61. The van der Waals surface area contributed by atoms with Gasteiger partial charge >= 0.3 is 0 Å². The van der Waals surface area contributed by atoms with E-state index in [9.17, 15) is 0 Å². The van der Waals surface area contributed by atoms with E-state index in [1.807, 2.05) is 7.05 Å². The summed E-state index contributed by atoms with van der Waals surface area (Å²) in [6, 6.07) is 0. The van der Waals surface area contributed by atoms with E-state index in [0.29, 0.717) is 0 Å². The molecular weight excluding hydrogens is 98.1 g/mol. The van der Waals surface area contributed by atoms with E-state index < -0.39 is 0 Å². The molecule has 0 radical (unpaired) electrons. The molecule has 0 unspecified atom stereocenters. The fourth-order valence-electron chi connectivity index (χ4n) is 0.866. The van der Waals surface area contributed by atoms with Gasteiger partial charge in [-0.15, -0.1) is 0 Å². The van der Waals surface area contributed by atoms with Gasteiger partial charge in [0.05, 0.1) is 0 Å². The van der Waals surface area contributed by atoms with Crippen molar-refractivity contribution in [1.82, 2.24) is 5.32 Å². The Morgan fingerprint density at radius 1 is 1.25 bits per heavy atom. The molecule has 0 aliphatic carbocycles. The van der Waals surface area contributed by atoms with Crippen LogP contribution in [0.25, 0.3) is 0 Å². The van der Waals surface area contributed by atoms with Crippen LogP contribution in [0.5, 0.6) is 0 Å². The van der Waals surface area contributed by atoms with Crippen molar-refractivity contribution in [1.29, 1.82) is 0 Å². The summed E-state index contributed by atoms with van der Waals surface area (Å²) in [7, 11) is 2.01. The van der Waals surface area contributed by atoms with Crippen LogP contribution in [0.4, 0.5) is 0 Å². The highest BCUT2D eigenvalue weighted by Gasteiger charge is 1.98. The summed E-state index contributed by atoms with van der Waals surface area (Å²) in [5.41, 5.74) is 0. The average molecular weight is 115 g/mol. The lowest BCUT2D eigenvalue weighted by Gasteiger charge is -2.09. The maximum atomic E-state index is 3.17. The van der Waals surface area contributed by atoms with Crippen LogP contribution >= 0.6 is 0 Å². The molecule has 0 rings (SSSR count). The molecule has 0 aliphatic heterocycles. The van der Waals surface area contributed by atoms with E-state index in [1.165, 1.54) is 19.4 Å². The van der Waals surface area contributed by atoms with Gasteiger partial charge in [0.2, 0.25) is 0 Å². The van der Waals surface area contributed by atoms with Crippen LogP contribution in [0.2, 0.25) is 0 Å². The number of hydrogen-bond donors (Lipinski definition) is 1. The molecule has 0 saturated heterocycles. The van der Waals surface area contributed by atoms with Crippen LogP contribution in [0.15, 0.2) is 0 Å². The van der Waals surface area contributed by atoms with Crippen molar-refractivity contribution in [2.45, 2.75) is 26.7 Å². The van der Waals surface area contributed by atoms with Gasteiger partial charge in [0.25, 0.3) is 0 Å². The highest BCUT2D eigenvalue weighted by molar-refractivity contribution is 4.54. The zero-order valence-corrected chi connectivity index (χ0v) is 6.20. The van der Waals surface area contributed by atoms with Gasteiger partial charge < -0.3 is 5.32 Å². The van der Waals surface area contributed by atoms with Gasteiger partial charge in [0.1, 0.15) is 0 Å². The molecule has 0 spiro atoms. The lowest BCUT2D eigenvalue weighted by molar-refractivity contribution is 0.469. The van der Waals surface area contributed by atoms with Crippen LogP contribution < -0.4 is 5.32 Å². The normalized spacial score (nSPS) is 10.5. The van der Waals surface area contributed by atoms with Gasteiger partial charge in [0.15, 0.2) is 0 Å². The minimum Gasteiger partial charge on any atom is -0.319 e. The maximum absolute atomic E-state index is 3.17. The molecule has 1 heteroatoms. The van der Waals surface area contributed by atoms with E-state index in [0.717, 1.165) is 5.92 Å². The van der Waals surface area contributed by atoms with Crippen LogP contribution in [0, 0.1) is 5.92 Å². The predicted molar refractivity (Wildman–Crippen MR) is 38.0 cm³/mol. The lowest BCUT2D eigenvalue weighted by Crippen LogP contribution is -2.17. The molecule has 0 fully saturated rings. The van der Waals surface area contributed by atoms with E-state index in [2.05, 4.69) is 19.2 Å². The smallest absolute Gasteiger partial charge is 0.00237 e. The fourth-order valence-corrected chi connectivity index (χ4v) is 0.866. The summed E-state index contributed by atoms with van der Waals surface area (Å²) in [4.78, 5) is 0. The monoisotopic (exact) mass is 115 g/mol. The summed E-state index contributed by atoms with van der Waals surface area (Å²) < 4.78 is 0. The Morgan fingerprint density at radius 3 is 1.88 bits per heavy atom. The van der Waals surface area contributed by atoms with Gasteiger partial charge in [-0.25, -0.2) is 0 Å². The third-order valence-corrected chi connectivity index (χ3v) is 1.65. The van der Waals surface area contributed by atoms with E-state index in [-0.39, 0.29) is 0 Å². The van der Waals surface area contributed by atoms with Crippen molar-refractivity contribution in [3.63, 3.8) is 0 Å². The minimum absolute atomic E-state index is 0.889. The molecule has 0 aromatic heterocycles. The standard InChI is InChI=1S/C7H17N/c1-4-7(5-2)6-8-3/h7-8H,4-6H2,1-3H3. The second-order valence-electron chi connectivity index (χ2n) is 2.24.